The number of nitrogens with two attached hydrogens (primary N) is 1. The first-order valence-corrected chi connectivity index (χ1v) is 7.34. The van der Waals surface area contributed by atoms with Crippen LogP contribution in [0.1, 0.15) is 40.0 Å². The number of nitrogen functional groups attached to an aromatic ring is 1. The van der Waals surface area contributed by atoms with Crippen LogP contribution in [0.15, 0.2) is 0 Å². The first-order valence-electron chi connectivity index (χ1n) is 7.34. The number of piperidine rings is 1. The van der Waals surface area contributed by atoms with Gasteiger partial charge in [-0.1, -0.05) is 13.8 Å². The zero-order valence-corrected chi connectivity index (χ0v) is 12.3. The Balaban J connectivity index is 1.91. The Morgan fingerprint density at radius 3 is 2.58 bits per heavy atom. The summed E-state index contributed by atoms with van der Waals surface area (Å²) in [4.78, 5) is 9.04. The summed E-state index contributed by atoms with van der Waals surface area (Å²) in [5.74, 6) is 1.13. The lowest BCUT2D eigenvalue weighted by Gasteiger charge is -2.40. The molecule has 1 saturated heterocycles. The third-order valence-electron chi connectivity index (χ3n) is 4.23. The summed E-state index contributed by atoms with van der Waals surface area (Å²) in [5, 5.41) is 6.83. The van der Waals surface area contributed by atoms with E-state index < -0.39 is 0 Å². The quantitative estimate of drug-likeness (QED) is 0.844. The Labute approximate surface area is 115 Å². The van der Waals surface area contributed by atoms with Crippen molar-refractivity contribution >= 4 is 11.9 Å². The van der Waals surface area contributed by atoms with E-state index in [1.165, 1.54) is 19.3 Å². The average Bonchev–Trinajstić information content (AvgIpc) is 2.87. The molecule has 1 fully saturated rings. The maximum absolute atomic E-state index is 5.58. The molecule has 1 atom stereocenters. The van der Waals surface area contributed by atoms with E-state index in [9.17, 15) is 0 Å². The maximum Gasteiger partial charge on any atom is 0.246 e. The highest BCUT2D eigenvalue weighted by molar-refractivity contribution is 5.34. The number of aromatic nitrogens is 3. The van der Waals surface area contributed by atoms with E-state index in [4.69, 9.17) is 5.73 Å². The van der Waals surface area contributed by atoms with E-state index in [2.05, 4.69) is 45.8 Å². The standard InChI is InChI=1S/C13H26N6/c1-4-10(3)19(5-2)11-6-8-18(9-7-11)13-15-12(14)16-17-13/h10-11H,4-9H2,1-3H3,(H3,14,15,16,17). The largest absolute Gasteiger partial charge is 0.368 e. The summed E-state index contributed by atoms with van der Waals surface area (Å²) < 4.78 is 0. The molecule has 0 bridgehead atoms. The lowest BCUT2D eigenvalue weighted by Crippen LogP contribution is -2.48. The Morgan fingerprint density at radius 2 is 2.11 bits per heavy atom. The highest BCUT2D eigenvalue weighted by Crippen LogP contribution is 2.22. The first-order chi connectivity index (χ1) is 9.15. The average molecular weight is 266 g/mol. The van der Waals surface area contributed by atoms with E-state index in [0.717, 1.165) is 25.6 Å². The molecule has 1 aromatic rings. The van der Waals surface area contributed by atoms with Crippen LogP contribution in [0.2, 0.25) is 0 Å². The topological polar surface area (TPSA) is 74.1 Å². The van der Waals surface area contributed by atoms with Crippen LogP contribution in [-0.4, -0.2) is 51.8 Å². The third kappa shape index (κ3) is 3.18. The zero-order valence-electron chi connectivity index (χ0n) is 12.3. The highest BCUT2D eigenvalue weighted by atomic mass is 15.4. The molecule has 3 N–H and O–H groups in total. The maximum atomic E-state index is 5.58. The van der Waals surface area contributed by atoms with Crippen molar-refractivity contribution in [2.45, 2.75) is 52.1 Å². The van der Waals surface area contributed by atoms with Gasteiger partial charge in [0.1, 0.15) is 0 Å². The number of nitrogens with one attached hydrogen (secondary N) is 1. The molecule has 108 valence electrons. The molecule has 0 spiro atoms. The predicted molar refractivity (Wildman–Crippen MR) is 78.2 cm³/mol. The fourth-order valence-electron chi connectivity index (χ4n) is 2.97. The molecule has 0 aliphatic carbocycles. The number of aromatic amines is 1. The molecule has 0 saturated carbocycles. The number of hydrogen-bond donors (Lipinski definition) is 2. The van der Waals surface area contributed by atoms with Gasteiger partial charge in [0.25, 0.3) is 0 Å². The van der Waals surface area contributed by atoms with Crippen molar-refractivity contribution in [3.63, 3.8) is 0 Å². The van der Waals surface area contributed by atoms with Gasteiger partial charge >= 0.3 is 0 Å². The van der Waals surface area contributed by atoms with Crippen molar-refractivity contribution < 1.29 is 0 Å². The van der Waals surface area contributed by atoms with Crippen molar-refractivity contribution in [2.75, 3.05) is 30.3 Å². The number of hydrogen-bond acceptors (Lipinski definition) is 5. The van der Waals surface area contributed by atoms with E-state index in [1.807, 2.05) is 0 Å². The minimum atomic E-state index is 0.395. The molecule has 6 heteroatoms. The number of H-pyrrole nitrogens is 1. The van der Waals surface area contributed by atoms with Gasteiger partial charge in [-0.25, -0.2) is 5.10 Å². The first kappa shape index (κ1) is 14.1. The number of anilines is 2. The molecule has 0 aromatic carbocycles. The molecular formula is C13H26N6. The van der Waals surface area contributed by atoms with Crippen LogP contribution in [0.25, 0.3) is 0 Å². The predicted octanol–water partition coefficient (Wildman–Crippen LogP) is 1.48. The van der Waals surface area contributed by atoms with Crippen LogP contribution in [0.3, 0.4) is 0 Å². The van der Waals surface area contributed by atoms with Crippen LogP contribution in [-0.2, 0) is 0 Å². The molecule has 19 heavy (non-hydrogen) atoms. The second-order valence-corrected chi connectivity index (χ2v) is 5.33. The summed E-state index contributed by atoms with van der Waals surface area (Å²) in [6.45, 7) is 10.00. The van der Waals surface area contributed by atoms with Crippen molar-refractivity contribution in [3.05, 3.63) is 0 Å². The smallest absolute Gasteiger partial charge is 0.246 e. The summed E-state index contributed by atoms with van der Waals surface area (Å²) in [6, 6.07) is 1.35. The lowest BCUT2D eigenvalue weighted by molar-refractivity contribution is 0.126. The minimum absolute atomic E-state index is 0.395. The summed E-state index contributed by atoms with van der Waals surface area (Å²) in [7, 11) is 0. The normalized spacial score (nSPS) is 19.1. The van der Waals surface area contributed by atoms with E-state index in [-0.39, 0.29) is 0 Å². The van der Waals surface area contributed by atoms with Crippen molar-refractivity contribution in [3.8, 4) is 0 Å². The van der Waals surface area contributed by atoms with Gasteiger partial charge in [-0.2, -0.15) is 4.98 Å². The van der Waals surface area contributed by atoms with Gasteiger partial charge in [0, 0.05) is 25.2 Å². The third-order valence-corrected chi connectivity index (χ3v) is 4.23. The van der Waals surface area contributed by atoms with Crippen molar-refractivity contribution in [1.29, 1.82) is 0 Å². The fraction of sp³-hybridized carbons (Fsp3) is 0.846. The highest BCUT2D eigenvalue weighted by Gasteiger charge is 2.27. The van der Waals surface area contributed by atoms with Crippen LogP contribution in [0, 0.1) is 0 Å². The molecule has 0 amide bonds. The van der Waals surface area contributed by atoms with Gasteiger partial charge < -0.3 is 10.6 Å². The zero-order chi connectivity index (χ0) is 13.8. The molecular weight excluding hydrogens is 240 g/mol. The summed E-state index contributed by atoms with van der Waals surface area (Å²) in [5.41, 5.74) is 5.58. The molecule has 0 radical (unpaired) electrons. The van der Waals surface area contributed by atoms with Crippen LogP contribution in [0.5, 0.6) is 0 Å². The molecule has 1 aliphatic heterocycles. The van der Waals surface area contributed by atoms with Gasteiger partial charge in [-0.05, 0) is 32.7 Å². The summed E-state index contributed by atoms with van der Waals surface area (Å²) >= 11 is 0. The van der Waals surface area contributed by atoms with Gasteiger partial charge in [0.05, 0.1) is 0 Å². The molecule has 6 nitrogen and oxygen atoms in total. The van der Waals surface area contributed by atoms with E-state index in [1.54, 1.807) is 0 Å². The van der Waals surface area contributed by atoms with Gasteiger partial charge in [-0.3, -0.25) is 4.90 Å². The second kappa shape index (κ2) is 6.23. The van der Waals surface area contributed by atoms with Crippen LogP contribution >= 0.6 is 0 Å². The number of rotatable bonds is 5. The molecule has 1 unspecified atom stereocenters. The molecule has 2 rings (SSSR count). The Hall–Kier alpha value is -1.30. The van der Waals surface area contributed by atoms with Crippen molar-refractivity contribution in [1.82, 2.24) is 20.1 Å². The Kier molecular flexibility index (Phi) is 4.63. The SMILES string of the molecule is CCC(C)N(CC)C1CCN(c2n[nH]c(N)n2)CC1. The summed E-state index contributed by atoms with van der Waals surface area (Å²) in [6.07, 6.45) is 3.56. The van der Waals surface area contributed by atoms with Gasteiger partial charge in [-0.15, -0.1) is 5.10 Å². The molecule has 2 heterocycles. The van der Waals surface area contributed by atoms with Gasteiger partial charge in [0.2, 0.25) is 11.9 Å². The van der Waals surface area contributed by atoms with Gasteiger partial charge in [0.15, 0.2) is 0 Å². The second-order valence-electron chi connectivity index (χ2n) is 5.33. The van der Waals surface area contributed by atoms with Crippen LogP contribution in [0.4, 0.5) is 11.9 Å². The Morgan fingerprint density at radius 1 is 1.42 bits per heavy atom. The van der Waals surface area contributed by atoms with E-state index >= 15 is 0 Å². The lowest BCUT2D eigenvalue weighted by atomic mass is 10.0. The minimum Gasteiger partial charge on any atom is -0.368 e. The molecule has 1 aliphatic rings. The van der Waals surface area contributed by atoms with Crippen molar-refractivity contribution in [2.24, 2.45) is 0 Å². The Bertz CT molecular complexity index is 382. The van der Waals surface area contributed by atoms with Crippen LogP contribution < -0.4 is 10.6 Å². The monoisotopic (exact) mass is 266 g/mol. The molecule has 1 aromatic heterocycles. The van der Waals surface area contributed by atoms with E-state index in [0.29, 0.717) is 18.0 Å². The fourth-order valence-corrected chi connectivity index (χ4v) is 2.97. The number of nitrogens with zero attached hydrogens (tertiary/aromatic N) is 4.